The van der Waals surface area contributed by atoms with E-state index in [4.69, 9.17) is 17.5 Å². The fourth-order valence-electron chi connectivity index (χ4n) is 0.697. The summed E-state index contributed by atoms with van der Waals surface area (Å²) in [6.07, 6.45) is 5.21. The van der Waals surface area contributed by atoms with E-state index in [9.17, 15) is 0 Å². The molecule has 82 valence electrons. The second-order valence-corrected chi connectivity index (χ2v) is 3.64. The predicted octanol–water partition coefficient (Wildman–Crippen LogP) is -7.29. The SMILES string of the molecule is O=S(=O)([O-])[O-].[CH2-]C(CC)CCCC.[Na+].[Na+].[Na+]. The number of unbranched alkanes of at least 4 members (excludes halogenated alkanes) is 1. The maximum absolute atomic E-state index is 8.52. The van der Waals surface area contributed by atoms with Gasteiger partial charge in [0.1, 0.15) is 0 Å². The average molecular weight is 278 g/mol. The van der Waals surface area contributed by atoms with Crippen LogP contribution in [0.2, 0.25) is 0 Å². The molecule has 0 saturated carbocycles. The van der Waals surface area contributed by atoms with E-state index in [1.54, 1.807) is 0 Å². The second kappa shape index (κ2) is 20.2. The molecule has 0 N–H and O–H groups in total. The Balaban J connectivity index is -0.0000000454. The van der Waals surface area contributed by atoms with Crippen LogP contribution in [0.5, 0.6) is 0 Å². The van der Waals surface area contributed by atoms with Crippen molar-refractivity contribution in [3.8, 4) is 0 Å². The van der Waals surface area contributed by atoms with E-state index in [2.05, 4.69) is 20.8 Å². The fraction of sp³-hybridized carbons (Fsp3) is 0.875. The van der Waals surface area contributed by atoms with Gasteiger partial charge < -0.3 is 16.0 Å². The standard InChI is InChI=1S/C8H17.3Na.H2O4S/c1-4-6-7-8(3)5-2;;;;1-5(2,3)4/h8H,3-7H2,1-2H3;;;;(H2,1,2,3,4)/q-1;3*+1;/p-2. The first-order chi connectivity index (χ1) is 5.81. The van der Waals surface area contributed by atoms with E-state index < -0.39 is 10.4 Å². The Labute approximate surface area is 166 Å². The first kappa shape index (κ1) is 31.3. The summed E-state index contributed by atoms with van der Waals surface area (Å²) in [6, 6.07) is 0. The third-order valence-corrected chi connectivity index (χ3v) is 1.54. The van der Waals surface area contributed by atoms with Crippen molar-refractivity contribution in [2.45, 2.75) is 39.5 Å². The van der Waals surface area contributed by atoms with Crippen molar-refractivity contribution in [3.05, 3.63) is 6.92 Å². The van der Waals surface area contributed by atoms with Crippen molar-refractivity contribution in [3.63, 3.8) is 0 Å². The van der Waals surface area contributed by atoms with Crippen LogP contribution in [0.15, 0.2) is 0 Å². The molecule has 0 saturated heterocycles. The van der Waals surface area contributed by atoms with Crippen LogP contribution in [0, 0.1) is 12.8 Å². The summed E-state index contributed by atoms with van der Waals surface area (Å²) >= 11 is 0. The predicted molar refractivity (Wildman–Crippen MR) is 49.1 cm³/mol. The van der Waals surface area contributed by atoms with Crippen LogP contribution in [0.25, 0.3) is 0 Å². The van der Waals surface area contributed by atoms with Gasteiger partial charge in [-0.1, -0.05) is 39.5 Å². The Bertz CT molecular complexity index is 189. The van der Waals surface area contributed by atoms with E-state index in [1.165, 1.54) is 25.7 Å². The summed E-state index contributed by atoms with van der Waals surface area (Å²) in [7, 11) is -5.17. The maximum atomic E-state index is 8.52. The Hall–Kier alpha value is 2.87. The molecular formula is C8H17Na3O4S. The molecular weight excluding hydrogens is 261 g/mol. The van der Waals surface area contributed by atoms with Crippen molar-refractivity contribution < 1.29 is 106 Å². The molecule has 0 aliphatic carbocycles. The molecule has 0 heterocycles. The van der Waals surface area contributed by atoms with Crippen LogP contribution in [0.1, 0.15) is 39.5 Å². The number of hydrogen-bond acceptors (Lipinski definition) is 4. The van der Waals surface area contributed by atoms with Gasteiger partial charge in [0.25, 0.3) is 0 Å². The monoisotopic (exact) mass is 278 g/mol. The summed E-state index contributed by atoms with van der Waals surface area (Å²) < 4.78 is 34.1. The molecule has 0 aliphatic heterocycles. The third-order valence-electron chi connectivity index (χ3n) is 1.54. The van der Waals surface area contributed by atoms with Crippen LogP contribution >= 0.6 is 0 Å². The van der Waals surface area contributed by atoms with E-state index in [-0.39, 0.29) is 88.7 Å². The van der Waals surface area contributed by atoms with E-state index in [0.717, 1.165) is 0 Å². The minimum absolute atomic E-state index is 0. The fourth-order valence-corrected chi connectivity index (χ4v) is 0.697. The van der Waals surface area contributed by atoms with E-state index in [1.807, 2.05) is 0 Å². The molecule has 0 radical (unpaired) electrons. The molecule has 0 spiro atoms. The van der Waals surface area contributed by atoms with Gasteiger partial charge in [-0.3, -0.25) is 8.42 Å². The third kappa shape index (κ3) is 54.0. The summed E-state index contributed by atoms with van der Waals surface area (Å²) in [6.45, 7) is 8.42. The quantitative estimate of drug-likeness (QED) is 0.221. The topological polar surface area (TPSA) is 80.3 Å². The van der Waals surface area contributed by atoms with E-state index >= 15 is 0 Å². The Kier molecular flexibility index (Phi) is 39.5. The molecule has 0 aromatic rings. The molecule has 0 rings (SSSR count). The van der Waals surface area contributed by atoms with Gasteiger partial charge in [0.05, 0.1) is 0 Å². The minimum atomic E-state index is -5.17. The van der Waals surface area contributed by atoms with Gasteiger partial charge in [-0.2, -0.15) is 5.92 Å². The summed E-state index contributed by atoms with van der Waals surface area (Å²) in [5.74, 6) is 0.704. The van der Waals surface area contributed by atoms with E-state index in [0.29, 0.717) is 5.92 Å². The van der Waals surface area contributed by atoms with Crippen LogP contribution in [-0.4, -0.2) is 17.5 Å². The molecule has 0 aromatic heterocycles. The molecule has 8 heteroatoms. The molecule has 16 heavy (non-hydrogen) atoms. The van der Waals surface area contributed by atoms with Crippen molar-refractivity contribution >= 4 is 10.4 Å². The maximum Gasteiger partial charge on any atom is 1.00 e. The molecule has 0 amide bonds. The van der Waals surface area contributed by atoms with Crippen LogP contribution < -0.4 is 88.7 Å². The van der Waals surface area contributed by atoms with Gasteiger partial charge in [0.2, 0.25) is 0 Å². The Morgan fingerprint density at radius 3 is 1.62 bits per heavy atom. The van der Waals surface area contributed by atoms with Crippen molar-refractivity contribution in [1.29, 1.82) is 0 Å². The Morgan fingerprint density at radius 2 is 1.44 bits per heavy atom. The van der Waals surface area contributed by atoms with Gasteiger partial charge in [-0.25, -0.2) is 0 Å². The largest absolute Gasteiger partial charge is 1.00 e. The number of hydrogen-bond donors (Lipinski definition) is 0. The Morgan fingerprint density at radius 1 is 1.12 bits per heavy atom. The molecule has 0 aromatic carbocycles. The minimum Gasteiger partial charge on any atom is -0.759 e. The van der Waals surface area contributed by atoms with Crippen molar-refractivity contribution in [1.82, 2.24) is 0 Å². The van der Waals surface area contributed by atoms with Crippen LogP contribution in [-0.2, 0) is 10.4 Å². The second-order valence-electron chi connectivity index (χ2n) is 2.82. The molecule has 0 fully saturated rings. The average Bonchev–Trinajstić information content (AvgIpc) is 1.97. The van der Waals surface area contributed by atoms with Crippen LogP contribution in [0.4, 0.5) is 0 Å². The van der Waals surface area contributed by atoms with Gasteiger partial charge in [-0.15, -0.1) is 0 Å². The zero-order chi connectivity index (χ0) is 10.9. The van der Waals surface area contributed by atoms with Gasteiger partial charge in [0.15, 0.2) is 0 Å². The molecule has 0 bridgehead atoms. The molecule has 1 unspecified atom stereocenters. The van der Waals surface area contributed by atoms with Crippen molar-refractivity contribution in [2.24, 2.45) is 5.92 Å². The summed E-state index contributed by atoms with van der Waals surface area (Å²) in [4.78, 5) is 0. The normalized spacial score (nSPS) is 10.6. The number of rotatable bonds is 4. The zero-order valence-corrected chi connectivity index (χ0v) is 18.0. The smallest absolute Gasteiger partial charge is 0.759 e. The summed E-state index contributed by atoms with van der Waals surface area (Å²) in [5.41, 5.74) is 0. The van der Waals surface area contributed by atoms with Gasteiger partial charge in [0, 0.05) is 10.4 Å². The summed E-state index contributed by atoms with van der Waals surface area (Å²) in [5, 5.41) is 0. The van der Waals surface area contributed by atoms with Gasteiger partial charge in [-0.05, 0) is 0 Å². The molecule has 1 atom stereocenters. The van der Waals surface area contributed by atoms with Crippen molar-refractivity contribution in [2.75, 3.05) is 0 Å². The first-order valence-corrected chi connectivity index (χ1v) is 5.64. The first-order valence-electron chi connectivity index (χ1n) is 4.31. The zero-order valence-electron chi connectivity index (χ0n) is 11.2. The van der Waals surface area contributed by atoms with Crippen LogP contribution in [0.3, 0.4) is 0 Å². The molecule has 0 aliphatic rings. The van der Waals surface area contributed by atoms with Gasteiger partial charge >= 0.3 is 88.7 Å². The molecule has 4 nitrogen and oxygen atoms in total.